The number of imide groups is 1. The van der Waals surface area contributed by atoms with Crippen LogP contribution in [0.4, 0.5) is 4.79 Å². The van der Waals surface area contributed by atoms with E-state index in [0.29, 0.717) is 19.5 Å². The fourth-order valence-corrected chi connectivity index (χ4v) is 6.32. The van der Waals surface area contributed by atoms with Crippen molar-refractivity contribution in [1.29, 1.82) is 0 Å². The van der Waals surface area contributed by atoms with Crippen LogP contribution in [0.25, 0.3) is 0 Å². The van der Waals surface area contributed by atoms with Crippen molar-refractivity contribution >= 4 is 18.0 Å². The van der Waals surface area contributed by atoms with Crippen LogP contribution >= 0.6 is 0 Å². The maximum atomic E-state index is 15.0. The summed E-state index contributed by atoms with van der Waals surface area (Å²) >= 11 is 0. The molecular weight excluding hydrogens is 592 g/mol. The quantitative estimate of drug-likeness (QED) is 0.170. The van der Waals surface area contributed by atoms with E-state index in [4.69, 9.17) is 14.2 Å². The van der Waals surface area contributed by atoms with Crippen molar-refractivity contribution in [1.82, 2.24) is 9.80 Å². The number of esters is 1. The second-order valence-electron chi connectivity index (χ2n) is 12.9. The van der Waals surface area contributed by atoms with Gasteiger partial charge in [0.25, 0.3) is 0 Å². The van der Waals surface area contributed by atoms with Gasteiger partial charge < -0.3 is 14.2 Å². The number of carbonyl (C=O) groups is 3. The molecule has 0 N–H and O–H groups in total. The van der Waals surface area contributed by atoms with Gasteiger partial charge in [0.15, 0.2) is 6.10 Å². The van der Waals surface area contributed by atoms with Crippen molar-refractivity contribution in [3.05, 3.63) is 144 Å². The second kappa shape index (κ2) is 14.3. The first-order valence-corrected chi connectivity index (χ1v) is 16.0. The molecule has 2 heterocycles. The Balaban J connectivity index is 1.37. The highest BCUT2D eigenvalue weighted by atomic mass is 16.7. The van der Waals surface area contributed by atoms with E-state index in [1.165, 1.54) is 4.90 Å². The highest BCUT2D eigenvalue weighted by Crippen LogP contribution is 2.38. The Morgan fingerprint density at radius 1 is 0.809 bits per heavy atom. The van der Waals surface area contributed by atoms with Gasteiger partial charge in [-0.2, -0.15) is 0 Å². The highest BCUT2D eigenvalue weighted by Gasteiger charge is 2.50. The van der Waals surface area contributed by atoms with Crippen molar-refractivity contribution < 1.29 is 28.6 Å². The summed E-state index contributed by atoms with van der Waals surface area (Å²) in [6.07, 6.45) is -2.19. The van der Waals surface area contributed by atoms with E-state index >= 15 is 0 Å². The third-order valence-electron chi connectivity index (χ3n) is 8.83. The summed E-state index contributed by atoms with van der Waals surface area (Å²) in [5, 5.41) is 0. The van der Waals surface area contributed by atoms with Gasteiger partial charge in [-0.3, -0.25) is 9.69 Å². The van der Waals surface area contributed by atoms with Gasteiger partial charge in [-0.25, -0.2) is 14.5 Å². The summed E-state index contributed by atoms with van der Waals surface area (Å²) in [5.41, 5.74) is 3.26. The smallest absolute Gasteiger partial charge is 0.419 e. The molecule has 4 aromatic rings. The zero-order valence-electron chi connectivity index (χ0n) is 26.7. The van der Waals surface area contributed by atoms with E-state index in [0.717, 1.165) is 22.3 Å². The van der Waals surface area contributed by atoms with E-state index in [9.17, 15) is 14.4 Å². The lowest BCUT2D eigenvalue weighted by Gasteiger charge is -2.41. The Bertz CT molecular complexity index is 1610. The van der Waals surface area contributed by atoms with E-state index in [1.54, 1.807) is 0 Å². The van der Waals surface area contributed by atoms with Crippen LogP contribution in [0.3, 0.4) is 0 Å². The number of rotatable bonds is 11. The normalized spacial score (nSPS) is 21.3. The van der Waals surface area contributed by atoms with Crippen molar-refractivity contribution in [2.24, 2.45) is 5.41 Å². The highest BCUT2D eigenvalue weighted by molar-refractivity contribution is 5.96. The minimum absolute atomic E-state index is 0.163. The van der Waals surface area contributed by atoms with Crippen LogP contribution < -0.4 is 0 Å². The van der Waals surface area contributed by atoms with Crippen LogP contribution in [0.1, 0.15) is 48.6 Å². The van der Waals surface area contributed by atoms with Crippen molar-refractivity contribution in [2.75, 3.05) is 6.61 Å². The molecule has 0 bridgehead atoms. The molecule has 2 amide bonds. The number of nitrogens with zero attached hydrogens (tertiary/aromatic N) is 2. The Morgan fingerprint density at radius 2 is 1.32 bits per heavy atom. The van der Waals surface area contributed by atoms with E-state index in [2.05, 4.69) is 4.90 Å². The molecule has 47 heavy (non-hydrogen) atoms. The first kappa shape index (κ1) is 32.2. The molecule has 2 aliphatic heterocycles. The largest absolute Gasteiger partial charge is 0.463 e. The molecule has 2 saturated heterocycles. The van der Waals surface area contributed by atoms with Crippen LogP contribution in [-0.4, -0.2) is 52.8 Å². The fraction of sp³-hybridized carbons (Fsp3) is 0.308. The molecular formula is C39H40N2O6. The summed E-state index contributed by atoms with van der Waals surface area (Å²) in [4.78, 5) is 44.9. The molecule has 242 valence electrons. The van der Waals surface area contributed by atoms with Gasteiger partial charge in [0.1, 0.15) is 0 Å². The Hall–Kier alpha value is -4.79. The molecule has 0 radical (unpaired) electrons. The standard InChI is InChI=1S/C39H40N2O6/c1-39(2)27-45-37(43)35(39)46-34-24-32(31-21-13-6-14-22-31)41(38(44)47-34)36(42)33(23-28-15-7-3-8-16-28)40(25-29-17-9-4-10-18-29)26-30-19-11-5-12-20-30/h3-22,32-35H,23-27H2,1-2H3/t32-,33+,34-,35+/m1/s1. The molecule has 0 unspecified atom stereocenters. The predicted molar refractivity (Wildman–Crippen MR) is 177 cm³/mol. The maximum Gasteiger partial charge on any atom is 0.419 e. The zero-order valence-corrected chi connectivity index (χ0v) is 26.7. The van der Waals surface area contributed by atoms with Crippen LogP contribution in [0.5, 0.6) is 0 Å². The number of ether oxygens (including phenoxy) is 3. The summed E-state index contributed by atoms with van der Waals surface area (Å²) in [6, 6.07) is 38.0. The number of hydrogen-bond donors (Lipinski definition) is 0. The fourth-order valence-electron chi connectivity index (χ4n) is 6.32. The first-order valence-electron chi connectivity index (χ1n) is 16.0. The first-order chi connectivity index (χ1) is 22.8. The van der Waals surface area contributed by atoms with Gasteiger partial charge >= 0.3 is 12.1 Å². The van der Waals surface area contributed by atoms with Gasteiger partial charge in [0.2, 0.25) is 12.2 Å². The zero-order chi connectivity index (χ0) is 32.8. The number of carbonyl (C=O) groups excluding carboxylic acids is 3. The Labute approximate surface area is 275 Å². The van der Waals surface area contributed by atoms with Crippen LogP contribution in [0, 0.1) is 5.41 Å². The van der Waals surface area contributed by atoms with Gasteiger partial charge in [-0.1, -0.05) is 135 Å². The molecule has 2 aliphatic rings. The molecule has 0 aromatic heterocycles. The lowest BCUT2D eigenvalue weighted by atomic mass is 9.89. The van der Waals surface area contributed by atoms with Gasteiger partial charge in [-0.15, -0.1) is 0 Å². The molecule has 6 rings (SSSR count). The molecule has 4 aromatic carbocycles. The minimum atomic E-state index is -1.04. The lowest BCUT2D eigenvalue weighted by Crippen LogP contribution is -2.56. The number of benzene rings is 4. The van der Waals surface area contributed by atoms with Crippen LogP contribution in [0.15, 0.2) is 121 Å². The maximum absolute atomic E-state index is 15.0. The summed E-state index contributed by atoms with van der Waals surface area (Å²) < 4.78 is 17.2. The molecule has 8 heteroatoms. The molecule has 0 spiro atoms. The topological polar surface area (TPSA) is 85.4 Å². The van der Waals surface area contributed by atoms with E-state index in [-0.39, 0.29) is 18.9 Å². The lowest BCUT2D eigenvalue weighted by molar-refractivity contribution is -0.196. The SMILES string of the molecule is CC1(C)COC(=O)[C@@H]1O[C@H]1C[C@H](c2ccccc2)N(C(=O)[C@H](Cc2ccccc2)N(Cc2ccccc2)Cc2ccccc2)C(=O)O1. The van der Waals surface area contributed by atoms with E-state index in [1.807, 2.05) is 135 Å². The van der Waals surface area contributed by atoms with Crippen molar-refractivity contribution in [3.63, 3.8) is 0 Å². The second-order valence-corrected chi connectivity index (χ2v) is 12.9. The summed E-state index contributed by atoms with van der Waals surface area (Å²) in [6.45, 7) is 4.94. The van der Waals surface area contributed by atoms with Gasteiger partial charge in [-0.05, 0) is 28.7 Å². The molecule has 8 nitrogen and oxygen atoms in total. The van der Waals surface area contributed by atoms with Crippen LogP contribution in [-0.2, 0) is 43.3 Å². The molecule has 0 saturated carbocycles. The summed E-state index contributed by atoms with van der Waals surface area (Å²) in [7, 11) is 0. The average molecular weight is 633 g/mol. The number of amides is 2. The average Bonchev–Trinajstić information content (AvgIpc) is 3.35. The number of hydrogen-bond acceptors (Lipinski definition) is 7. The Kier molecular flexibility index (Phi) is 9.80. The third kappa shape index (κ3) is 7.62. The summed E-state index contributed by atoms with van der Waals surface area (Å²) in [5.74, 6) is -0.847. The third-order valence-corrected chi connectivity index (χ3v) is 8.83. The monoisotopic (exact) mass is 632 g/mol. The Morgan fingerprint density at radius 3 is 1.83 bits per heavy atom. The van der Waals surface area contributed by atoms with Crippen LogP contribution in [0.2, 0.25) is 0 Å². The van der Waals surface area contributed by atoms with Gasteiger partial charge in [0.05, 0.1) is 18.7 Å². The number of cyclic esters (lactones) is 2. The molecule has 2 fully saturated rings. The molecule has 0 aliphatic carbocycles. The molecule has 4 atom stereocenters. The van der Waals surface area contributed by atoms with Crippen molar-refractivity contribution in [3.8, 4) is 0 Å². The predicted octanol–water partition coefficient (Wildman–Crippen LogP) is 6.70. The van der Waals surface area contributed by atoms with Crippen molar-refractivity contribution in [2.45, 2.75) is 64.3 Å². The van der Waals surface area contributed by atoms with Gasteiger partial charge in [0, 0.05) is 24.9 Å². The minimum Gasteiger partial charge on any atom is -0.463 e. The van der Waals surface area contributed by atoms with E-state index < -0.39 is 42.0 Å².